The van der Waals surface area contributed by atoms with Gasteiger partial charge in [-0.25, -0.2) is 0 Å². The lowest BCUT2D eigenvalue weighted by molar-refractivity contribution is 1.44. The van der Waals surface area contributed by atoms with Crippen molar-refractivity contribution in [2.45, 2.75) is 9.79 Å². The SMILES string of the molecule is c1ccc(Sc2cc3ccccc3c3ccccc23)cc1. The zero-order valence-corrected chi connectivity index (χ0v) is 12.3. The van der Waals surface area contributed by atoms with Crippen LogP contribution in [0.15, 0.2) is 94.7 Å². The van der Waals surface area contributed by atoms with Crippen LogP contribution >= 0.6 is 11.8 Å². The molecule has 0 aliphatic rings. The fourth-order valence-electron chi connectivity index (χ4n) is 2.72. The fourth-order valence-corrected chi connectivity index (χ4v) is 3.74. The number of rotatable bonds is 2. The molecule has 0 saturated carbocycles. The quantitative estimate of drug-likeness (QED) is 0.398. The van der Waals surface area contributed by atoms with Crippen molar-refractivity contribution >= 4 is 33.3 Å². The smallest absolute Gasteiger partial charge is 0.0207 e. The van der Waals surface area contributed by atoms with Gasteiger partial charge in [0.25, 0.3) is 0 Å². The van der Waals surface area contributed by atoms with Crippen molar-refractivity contribution < 1.29 is 0 Å². The molecule has 0 aliphatic carbocycles. The molecule has 0 radical (unpaired) electrons. The van der Waals surface area contributed by atoms with Gasteiger partial charge in [-0.3, -0.25) is 0 Å². The van der Waals surface area contributed by atoms with Crippen molar-refractivity contribution in [3.05, 3.63) is 84.9 Å². The van der Waals surface area contributed by atoms with Crippen LogP contribution in [0.1, 0.15) is 0 Å². The first kappa shape index (κ1) is 12.5. The lowest BCUT2D eigenvalue weighted by atomic mass is 10.0. The Bertz CT molecular complexity index is 910. The van der Waals surface area contributed by atoms with Gasteiger partial charge >= 0.3 is 0 Å². The second-order valence-corrected chi connectivity index (χ2v) is 6.17. The Morgan fingerprint density at radius 2 is 1.14 bits per heavy atom. The summed E-state index contributed by atoms with van der Waals surface area (Å²) in [5.74, 6) is 0. The van der Waals surface area contributed by atoms with E-state index in [4.69, 9.17) is 0 Å². The van der Waals surface area contributed by atoms with Crippen molar-refractivity contribution in [2.24, 2.45) is 0 Å². The van der Waals surface area contributed by atoms with Gasteiger partial charge in [0.05, 0.1) is 0 Å². The largest absolute Gasteiger partial charge is 0.0894 e. The molecule has 4 aromatic carbocycles. The highest BCUT2D eigenvalue weighted by atomic mass is 32.2. The Kier molecular flexibility index (Phi) is 3.13. The molecule has 0 unspecified atom stereocenters. The summed E-state index contributed by atoms with van der Waals surface area (Å²) in [6, 6.07) is 30.1. The fraction of sp³-hybridized carbons (Fsp3) is 0. The Hall–Kier alpha value is -2.25. The van der Waals surface area contributed by atoms with E-state index in [1.54, 1.807) is 0 Å². The lowest BCUT2D eigenvalue weighted by Crippen LogP contribution is -1.82. The highest BCUT2D eigenvalue weighted by molar-refractivity contribution is 7.99. The molecule has 1 heteroatoms. The molecule has 0 aromatic heterocycles. The molecule has 0 spiro atoms. The van der Waals surface area contributed by atoms with E-state index in [0.717, 1.165) is 0 Å². The molecule has 0 bridgehead atoms. The first-order valence-corrected chi connectivity index (χ1v) is 7.87. The van der Waals surface area contributed by atoms with Gasteiger partial charge in [-0.15, -0.1) is 0 Å². The average Bonchev–Trinajstić information content (AvgIpc) is 2.56. The Balaban J connectivity index is 1.98. The third kappa shape index (κ3) is 2.30. The first-order chi connectivity index (χ1) is 10.4. The van der Waals surface area contributed by atoms with Gasteiger partial charge in [-0.1, -0.05) is 78.5 Å². The standard InChI is InChI=1S/C20H14S/c1-2-9-16(10-3-1)21-20-14-15-8-4-5-11-17(15)18-12-6-7-13-19(18)20/h1-14H. The summed E-state index contributed by atoms with van der Waals surface area (Å²) in [5.41, 5.74) is 0. The normalized spacial score (nSPS) is 11.0. The first-order valence-electron chi connectivity index (χ1n) is 7.05. The Morgan fingerprint density at radius 1 is 0.524 bits per heavy atom. The molecule has 0 fully saturated rings. The summed E-state index contributed by atoms with van der Waals surface area (Å²) in [5, 5.41) is 5.28. The van der Waals surface area contributed by atoms with Gasteiger partial charge in [-0.05, 0) is 39.7 Å². The number of hydrogen-bond acceptors (Lipinski definition) is 1. The average molecular weight is 286 g/mol. The van der Waals surface area contributed by atoms with Crippen molar-refractivity contribution in [2.75, 3.05) is 0 Å². The van der Waals surface area contributed by atoms with Gasteiger partial charge in [0.2, 0.25) is 0 Å². The molecule has 21 heavy (non-hydrogen) atoms. The zero-order chi connectivity index (χ0) is 14.1. The molecule has 0 aliphatic heterocycles. The van der Waals surface area contributed by atoms with Crippen LogP contribution in [0.25, 0.3) is 21.5 Å². The highest BCUT2D eigenvalue weighted by Crippen LogP contribution is 2.37. The van der Waals surface area contributed by atoms with Crippen LogP contribution in [-0.4, -0.2) is 0 Å². The minimum atomic E-state index is 1.28. The van der Waals surface area contributed by atoms with Crippen molar-refractivity contribution in [1.82, 2.24) is 0 Å². The number of hydrogen-bond donors (Lipinski definition) is 0. The molecule has 4 rings (SSSR count). The van der Waals surface area contributed by atoms with Crippen LogP contribution in [0.2, 0.25) is 0 Å². The van der Waals surface area contributed by atoms with E-state index < -0.39 is 0 Å². The third-order valence-corrected chi connectivity index (χ3v) is 4.77. The zero-order valence-electron chi connectivity index (χ0n) is 11.5. The summed E-state index contributed by atoms with van der Waals surface area (Å²) >= 11 is 1.83. The summed E-state index contributed by atoms with van der Waals surface area (Å²) < 4.78 is 0. The van der Waals surface area contributed by atoms with Gasteiger partial charge in [0, 0.05) is 9.79 Å². The molecular formula is C20H14S. The highest BCUT2D eigenvalue weighted by Gasteiger charge is 2.07. The van der Waals surface area contributed by atoms with Gasteiger partial charge < -0.3 is 0 Å². The monoisotopic (exact) mass is 286 g/mol. The van der Waals surface area contributed by atoms with Gasteiger partial charge in [-0.2, -0.15) is 0 Å². The van der Waals surface area contributed by atoms with Crippen LogP contribution in [0, 0.1) is 0 Å². The van der Waals surface area contributed by atoms with Crippen LogP contribution in [0.5, 0.6) is 0 Å². The van der Waals surface area contributed by atoms with Crippen LogP contribution < -0.4 is 0 Å². The second kappa shape index (κ2) is 5.27. The molecule has 0 atom stereocenters. The van der Waals surface area contributed by atoms with Gasteiger partial charge in [0.15, 0.2) is 0 Å². The predicted octanol–water partition coefficient (Wildman–Crippen LogP) is 6.14. The summed E-state index contributed by atoms with van der Waals surface area (Å²) in [6.07, 6.45) is 0. The molecule has 0 amide bonds. The minimum absolute atomic E-state index is 1.28. The molecular weight excluding hydrogens is 272 g/mol. The second-order valence-electron chi connectivity index (χ2n) is 5.06. The van der Waals surface area contributed by atoms with E-state index in [1.807, 2.05) is 11.8 Å². The van der Waals surface area contributed by atoms with E-state index in [-0.39, 0.29) is 0 Å². The van der Waals surface area contributed by atoms with Crippen molar-refractivity contribution in [3.63, 3.8) is 0 Å². The molecule has 100 valence electrons. The van der Waals surface area contributed by atoms with Gasteiger partial charge in [0.1, 0.15) is 0 Å². The van der Waals surface area contributed by atoms with E-state index >= 15 is 0 Å². The molecule has 0 N–H and O–H groups in total. The number of benzene rings is 4. The number of fused-ring (bicyclic) bond motifs is 3. The summed E-state index contributed by atoms with van der Waals surface area (Å²) in [7, 11) is 0. The van der Waals surface area contributed by atoms with Crippen LogP contribution in [0.3, 0.4) is 0 Å². The van der Waals surface area contributed by atoms with Crippen molar-refractivity contribution in [1.29, 1.82) is 0 Å². The van der Waals surface area contributed by atoms with E-state index in [2.05, 4.69) is 84.9 Å². The van der Waals surface area contributed by atoms with E-state index in [1.165, 1.54) is 31.3 Å². The topological polar surface area (TPSA) is 0 Å². The van der Waals surface area contributed by atoms with E-state index in [0.29, 0.717) is 0 Å². The molecule has 0 nitrogen and oxygen atoms in total. The lowest BCUT2D eigenvalue weighted by Gasteiger charge is -2.10. The van der Waals surface area contributed by atoms with Crippen LogP contribution in [-0.2, 0) is 0 Å². The maximum Gasteiger partial charge on any atom is 0.0207 e. The Labute approximate surface area is 128 Å². The molecule has 4 aromatic rings. The Morgan fingerprint density at radius 3 is 1.95 bits per heavy atom. The minimum Gasteiger partial charge on any atom is -0.0894 e. The van der Waals surface area contributed by atoms with Crippen molar-refractivity contribution in [3.8, 4) is 0 Å². The summed E-state index contributed by atoms with van der Waals surface area (Å²) in [4.78, 5) is 2.59. The maximum atomic E-state index is 2.30. The van der Waals surface area contributed by atoms with E-state index in [9.17, 15) is 0 Å². The maximum absolute atomic E-state index is 2.30. The molecule has 0 heterocycles. The molecule has 0 saturated heterocycles. The summed E-state index contributed by atoms with van der Waals surface area (Å²) in [6.45, 7) is 0. The predicted molar refractivity (Wildman–Crippen MR) is 92.0 cm³/mol. The third-order valence-electron chi connectivity index (χ3n) is 3.70. The van der Waals surface area contributed by atoms with Crippen LogP contribution in [0.4, 0.5) is 0 Å².